The maximum absolute atomic E-state index is 13.6. The molecule has 39 heavy (non-hydrogen) atoms. The average molecular weight is 538 g/mol. The van der Waals surface area contributed by atoms with E-state index < -0.39 is 12.1 Å². The first-order valence-corrected chi connectivity index (χ1v) is 13.5. The molecule has 2 aliphatic carbocycles. The van der Waals surface area contributed by atoms with Crippen LogP contribution < -0.4 is 35.6 Å². The van der Waals surface area contributed by atoms with Gasteiger partial charge in [0.2, 0.25) is 23.0 Å². The smallest absolute Gasteiger partial charge is 0.242 e. The van der Waals surface area contributed by atoms with E-state index in [1.165, 1.54) is 6.92 Å². The monoisotopic (exact) mass is 537 g/mol. The predicted molar refractivity (Wildman–Crippen MR) is 151 cm³/mol. The number of amides is 2. The van der Waals surface area contributed by atoms with Crippen LogP contribution in [0.3, 0.4) is 0 Å². The first-order valence-electron chi connectivity index (χ1n) is 13.5. The van der Waals surface area contributed by atoms with Gasteiger partial charge in [-0.25, -0.2) is 0 Å². The normalized spacial score (nSPS) is 16.7. The van der Waals surface area contributed by atoms with Crippen LogP contribution in [0.4, 0.5) is 5.69 Å². The van der Waals surface area contributed by atoms with Crippen LogP contribution in [0.15, 0.2) is 29.1 Å². The van der Waals surface area contributed by atoms with Crippen LogP contribution in [0.25, 0.3) is 11.1 Å². The first-order chi connectivity index (χ1) is 18.7. The van der Waals surface area contributed by atoms with E-state index in [-0.39, 0.29) is 23.2 Å². The summed E-state index contributed by atoms with van der Waals surface area (Å²) in [7, 11) is 4.69. The maximum atomic E-state index is 13.6. The first kappa shape index (κ1) is 28.3. The molecule has 1 fully saturated rings. The third-order valence-electron chi connectivity index (χ3n) is 7.44. The van der Waals surface area contributed by atoms with Gasteiger partial charge in [-0.2, -0.15) is 0 Å². The summed E-state index contributed by atoms with van der Waals surface area (Å²) in [5.41, 5.74) is 3.18. The number of methoxy groups -OCH3 is 3. The topological polar surface area (TPSA) is 115 Å². The number of ether oxygens (including phenoxy) is 3. The molecule has 2 aromatic rings. The van der Waals surface area contributed by atoms with E-state index in [0.717, 1.165) is 29.5 Å². The second-order valence-corrected chi connectivity index (χ2v) is 10.7. The molecule has 0 aromatic heterocycles. The van der Waals surface area contributed by atoms with Crippen molar-refractivity contribution < 1.29 is 23.8 Å². The van der Waals surface area contributed by atoms with Crippen molar-refractivity contribution >= 4 is 17.5 Å². The standard InChI is InChI=1S/C30H39N3O6/c1-16(2)27(30(36)31-15-18-7-8-18)33-23-12-10-20-21(14-24(23)35)22(32-17(3)34)11-9-19-13-25(37-4)28(38-5)29(39-6)26(19)20/h10,12-14,16,18,22,27H,7-9,11,15H2,1-6H3,(H,31,36)(H,32,34)(H,33,35)/t22-,27-/m0/s1. The Balaban J connectivity index is 1.85. The van der Waals surface area contributed by atoms with E-state index >= 15 is 0 Å². The number of carbonyl (C=O) groups excluding carboxylic acids is 2. The summed E-state index contributed by atoms with van der Waals surface area (Å²) in [5.74, 6) is 1.67. The van der Waals surface area contributed by atoms with E-state index in [1.807, 2.05) is 26.0 Å². The lowest BCUT2D eigenvalue weighted by molar-refractivity contribution is -0.122. The average Bonchev–Trinajstić information content (AvgIpc) is 3.75. The van der Waals surface area contributed by atoms with Gasteiger partial charge in [0.15, 0.2) is 11.5 Å². The lowest BCUT2D eigenvalue weighted by atomic mass is 9.95. The number of hydrogen-bond donors (Lipinski definition) is 3. The van der Waals surface area contributed by atoms with Crippen LogP contribution in [-0.4, -0.2) is 45.7 Å². The molecule has 0 bridgehead atoms. The molecule has 0 radical (unpaired) electrons. The molecule has 0 heterocycles. The molecule has 4 rings (SSSR count). The molecule has 0 unspecified atom stereocenters. The van der Waals surface area contributed by atoms with Crippen molar-refractivity contribution in [1.82, 2.24) is 10.6 Å². The fourth-order valence-corrected chi connectivity index (χ4v) is 5.21. The number of aryl methyl sites for hydroxylation is 1. The highest BCUT2D eigenvalue weighted by atomic mass is 16.5. The number of nitrogens with one attached hydrogen (secondary N) is 3. The Hall–Kier alpha value is -3.75. The Labute approximate surface area is 229 Å². The van der Waals surface area contributed by atoms with Gasteiger partial charge in [0.1, 0.15) is 6.04 Å². The van der Waals surface area contributed by atoms with Gasteiger partial charge in [-0.15, -0.1) is 0 Å². The fraction of sp³-hybridized carbons (Fsp3) is 0.500. The van der Waals surface area contributed by atoms with E-state index in [0.29, 0.717) is 53.8 Å². The quantitative estimate of drug-likeness (QED) is 0.422. The zero-order valence-corrected chi connectivity index (χ0v) is 23.6. The summed E-state index contributed by atoms with van der Waals surface area (Å²) in [6, 6.07) is 6.06. The molecular formula is C30H39N3O6. The molecule has 1 saturated carbocycles. The molecular weight excluding hydrogens is 498 g/mol. The Morgan fingerprint density at radius 3 is 2.31 bits per heavy atom. The second-order valence-electron chi connectivity index (χ2n) is 10.7. The van der Waals surface area contributed by atoms with Crippen molar-refractivity contribution in [1.29, 1.82) is 0 Å². The van der Waals surface area contributed by atoms with Crippen molar-refractivity contribution in [3.8, 4) is 28.4 Å². The zero-order valence-electron chi connectivity index (χ0n) is 23.6. The van der Waals surface area contributed by atoms with Crippen LogP contribution >= 0.6 is 0 Å². The lowest BCUT2D eigenvalue weighted by Gasteiger charge is -2.22. The molecule has 2 amide bonds. The van der Waals surface area contributed by atoms with Crippen molar-refractivity contribution in [2.75, 3.05) is 33.2 Å². The third-order valence-corrected chi connectivity index (χ3v) is 7.44. The molecule has 2 aliphatic rings. The lowest BCUT2D eigenvalue weighted by Crippen LogP contribution is -2.44. The summed E-state index contributed by atoms with van der Waals surface area (Å²) in [6.07, 6.45) is 3.47. The van der Waals surface area contributed by atoms with Gasteiger partial charge in [-0.1, -0.05) is 19.9 Å². The largest absolute Gasteiger partial charge is 0.493 e. The van der Waals surface area contributed by atoms with Crippen LogP contribution in [-0.2, 0) is 16.0 Å². The van der Waals surface area contributed by atoms with Crippen LogP contribution in [0, 0.1) is 11.8 Å². The fourth-order valence-electron chi connectivity index (χ4n) is 5.21. The van der Waals surface area contributed by atoms with E-state index in [4.69, 9.17) is 14.2 Å². The Kier molecular flexibility index (Phi) is 8.67. The molecule has 0 saturated heterocycles. The number of hydrogen-bond acceptors (Lipinski definition) is 7. The summed E-state index contributed by atoms with van der Waals surface area (Å²) in [5, 5.41) is 9.25. The van der Waals surface area contributed by atoms with Gasteiger partial charge in [-0.3, -0.25) is 14.4 Å². The highest BCUT2D eigenvalue weighted by molar-refractivity contribution is 5.86. The molecule has 210 valence electrons. The second kappa shape index (κ2) is 12.0. The van der Waals surface area contributed by atoms with Gasteiger partial charge in [0.25, 0.3) is 0 Å². The molecule has 3 N–H and O–H groups in total. The predicted octanol–water partition coefficient (Wildman–Crippen LogP) is 3.83. The summed E-state index contributed by atoms with van der Waals surface area (Å²) in [6.45, 7) is 6.02. The summed E-state index contributed by atoms with van der Waals surface area (Å²) < 4.78 is 17.1. The van der Waals surface area contributed by atoms with E-state index in [2.05, 4.69) is 16.0 Å². The SMILES string of the molecule is COc1cc2c(c(OC)c1OC)-c1ccc(N[C@H](C(=O)NCC3CC3)C(C)C)c(=O)cc1[C@@H](NC(C)=O)CC2. The Morgan fingerprint density at radius 1 is 1.00 bits per heavy atom. The minimum Gasteiger partial charge on any atom is -0.493 e. The van der Waals surface area contributed by atoms with Crippen LogP contribution in [0.5, 0.6) is 17.2 Å². The minimum absolute atomic E-state index is 0.0448. The highest BCUT2D eigenvalue weighted by Gasteiger charge is 2.30. The van der Waals surface area contributed by atoms with Gasteiger partial charge in [0.05, 0.1) is 33.1 Å². The van der Waals surface area contributed by atoms with E-state index in [9.17, 15) is 14.4 Å². The van der Waals surface area contributed by atoms with Gasteiger partial charge in [-0.05, 0) is 72.4 Å². The van der Waals surface area contributed by atoms with Crippen molar-refractivity contribution in [3.63, 3.8) is 0 Å². The number of anilines is 1. The maximum Gasteiger partial charge on any atom is 0.242 e. The van der Waals surface area contributed by atoms with Crippen LogP contribution in [0.1, 0.15) is 57.2 Å². The number of carbonyl (C=O) groups is 2. The van der Waals surface area contributed by atoms with E-state index in [1.54, 1.807) is 33.5 Å². The molecule has 9 heteroatoms. The van der Waals surface area contributed by atoms with Crippen molar-refractivity contribution in [2.24, 2.45) is 11.8 Å². The van der Waals surface area contributed by atoms with Gasteiger partial charge in [0, 0.05) is 19.0 Å². The van der Waals surface area contributed by atoms with Gasteiger partial charge >= 0.3 is 0 Å². The molecule has 0 spiro atoms. The Morgan fingerprint density at radius 2 is 1.72 bits per heavy atom. The van der Waals surface area contributed by atoms with Crippen LogP contribution in [0.2, 0.25) is 0 Å². The Bertz CT molecular complexity index is 1300. The molecule has 2 aromatic carbocycles. The number of fused-ring (bicyclic) bond motifs is 3. The molecule has 2 atom stereocenters. The summed E-state index contributed by atoms with van der Waals surface area (Å²) >= 11 is 0. The third kappa shape index (κ3) is 6.13. The van der Waals surface area contributed by atoms with Crippen molar-refractivity contribution in [2.45, 2.75) is 58.5 Å². The molecule has 9 nitrogen and oxygen atoms in total. The minimum atomic E-state index is -0.573. The number of rotatable bonds is 10. The number of benzene rings is 1. The zero-order chi connectivity index (χ0) is 28.3. The molecule has 0 aliphatic heterocycles. The van der Waals surface area contributed by atoms with Gasteiger partial charge < -0.3 is 30.2 Å². The van der Waals surface area contributed by atoms with Crippen molar-refractivity contribution in [3.05, 3.63) is 45.6 Å². The highest BCUT2D eigenvalue weighted by Crippen LogP contribution is 2.50. The summed E-state index contributed by atoms with van der Waals surface area (Å²) in [4.78, 5) is 38.8.